The molecule has 29 heavy (non-hydrogen) atoms. The highest BCUT2D eigenvalue weighted by Gasteiger charge is 2.17. The van der Waals surface area contributed by atoms with Crippen LogP contribution in [-0.4, -0.2) is 32.4 Å². The second-order valence-corrected chi connectivity index (χ2v) is 6.48. The highest BCUT2D eigenvalue weighted by Crippen LogP contribution is 2.27. The predicted molar refractivity (Wildman–Crippen MR) is 112 cm³/mol. The Labute approximate surface area is 170 Å². The van der Waals surface area contributed by atoms with E-state index in [1.54, 1.807) is 26.5 Å². The zero-order chi connectivity index (χ0) is 20.6. The molecule has 6 heteroatoms. The maximum atomic E-state index is 12.8. The van der Waals surface area contributed by atoms with Gasteiger partial charge in [0, 0.05) is 6.54 Å². The molecule has 1 N–H and O–H groups in total. The first-order chi connectivity index (χ1) is 14.1. The van der Waals surface area contributed by atoms with Gasteiger partial charge in [-0.3, -0.25) is 4.79 Å². The summed E-state index contributed by atoms with van der Waals surface area (Å²) in [5, 5.41) is 2.92. The van der Waals surface area contributed by atoms with E-state index in [-0.39, 0.29) is 11.6 Å². The van der Waals surface area contributed by atoms with E-state index in [0.29, 0.717) is 35.9 Å². The molecular weight excluding hydrogens is 368 g/mol. The van der Waals surface area contributed by atoms with E-state index in [1.165, 1.54) is 0 Å². The summed E-state index contributed by atoms with van der Waals surface area (Å²) in [5.41, 5.74) is 2.89. The molecule has 1 aromatic heterocycles. The third-order valence-corrected chi connectivity index (χ3v) is 4.32. The summed E-state index contributed by atoms with van der Waals surface area (Å²) < 4.78 is 16.1. The van der Waals surface area contributed by atoms with Gasteiger partial charge in [0.15, 0.2) is 23.0 Å². The van der Waals surface area contributed by atoms with E-state index >= 15 is 0 Å². The molecule has 0 saturated heterocycles. The standard InChI is InChI=1S/C23H24N2O4/c1-16-13-21(29-15-16)22(25-18-7-5-4-6-8-18)23(26)24-12-11-17-9-10-19(27-2)20(14-17)28-3/h4-10,13-15H,11-12H2,1-3H3,(H,24,26). The van der Waals surface area contributed by atoms with Gasteiger partial charge in [-0.2, -0.15) is 0 Å². The number of amides is 1. The Morgan fingerprint density at radius 1 is 1.03 bits per heavy atom. The lowest BCUT2D eigenvalue weighted by atomic mass is 10.1. The molecule has 0 aliphatic heterocycles. The van der Waals surface area contributed by atoms with Crippen LogP contribution in [0.1, 0.15) is 16.9 Å². The van der Waals surface area contributed by atoms with Crippen LogP contribution in [0.5, 0.6) is 11.5 Å². The normalized spacial score (nSPS) is 11.2. The van der Waals surface area contributed by atoms with Crippen molar-refractivity contribution >= 4 is 17.3 Å². The summed E-state index contributed by atoms with van der Waals surface area (Å²) in [6.45, 7) is 2.35. The molecule has 0 spiro atoms. The first-order valence-electron chi connectivity index (χ1n) is 9.29. The Morgan fingerprint density at radius 2 is 1.79 bits per heavy atom. The van der Waals surface area contributed by atoms with Crippen molar-refractivity contribution in [1.29, 1.82) is 0 Å². The maximum Gasteiger partial charge on any atom is 0.273 e. The van der Waals surface area contributed by atoms with E-state index in [9.17, 15) is 4.79 Å². The number of hydrogen-bond donors (Lipinski definition) is 1. The number of carbonyl (C=O) groups excluding carboxylic acids is 1. The molecule has 3 aromatic rings. The predicted octanol–water partition coefficient (Wildman–Crippen LogP) is 4.08. The zero-order valence-corrected chi connectivity index (χ0v) is 16.8. The number of ether oxygens (including phenoxy) is 2. The summed E-state index contributed by atoms with van der Waals surface area (Å²) >= 11 is 0. The van der Waals surface area contributed by atoms with Crippen LogP contribution in [0.25, 0.3) is 0 Å². The first kappa shape index (κ1) is 20.2. The molecule has 3 rings (SSSR count). The molecule has 0 saturated carbocycles. The van der Waals surface area contributed by atoms with Crippen molar-refractivity contribution in [2.75, 3.05) is 20.8 Å². The topological polar surface area (TPSA) is 73.1 Å². The quantitative estimate of drug-likeness (QED) is 0.586. The number of furan rings is 1. The maximum absolute atomic E-state index is 12.8. The number of aryl methyl sites for hydroxylation is 1. The smallest absolute Gasteiger partial charge is 0.273 e. The van der Waals surface area contributed by atoms with E-state index in [2.05, 4.69) is 10.3 Å². The molecule has 1 heterocycles. The Balaban J connectivity index is 1.71. The van der Waals surface area contributed by atoms with E-state index < -0.39 is 0 Å². The van der Waals surface area contributed by atoms with Crippen LogP contribution in [0.2, 0.25) is 0 Å². The van der Waals surface area contributed by atoms with E-state index in [4.69, 9.17) is 13.9 Å². The van der Waals surface area contributed by atoms with Crippen molar-refractivity contribution in [2.24, 2.45) is 4.99 Å². The van der Waals surface area contributed by atoms with Crippen LogP contribution in [0.3, 0.4) is 0 Å². The third kappa shape index (κ3) is 5.25. The monoisotopic (exact) mass is 392 g/mol. The number of aliphatic imine (C=N–C) groups is 1. The van der Waals surface area contributed by atoms with Gasteiger partial charge >= 0.3 is 0 Å². The van der Waals surface area contributed by atoms with Gasteiger partial charge in [-0.25, -0.2) is 4.99 Å². The molecule has 0 fully saturated rings. The highest BCUT2D eigenvalue weighted by atomic mass is 16.5. The summed E-state index contributed by atoms with van der Waals surface area (Å²) in [4.78, 5) is 17.3. The molecule has 0 atom stereocenters. The summed E-state index contributed by atoms with van der Waals surface area (Å²) in [6.07, 6.45) is 2.24. The number of hydrogen-bond acceptors (Lipinski definition) is 5. The Bertz CT molecular complexity index is 993. The molecule has 6 nitrogen and oxygen atoms in total. The Hall–Kier alpha value is -3.54. The van der Waals surface area contributed by atoms with Crippen LogP contribution in [0.15, 0.2) is 70.3 Å². The Kier molecular flexibility index (Phi) is 6.68. The van der Waals surface area contributed by atoms with Crippen molar-refractivity contribution in [3.63, 3.8) is 0 Å². The fourth-order valence-electron chi connectivity index (χ4n) is 2.85. The van der Waals surface area contributed by atoms with Crippen LogP contribution in [0.4, 0.5) is 5.69 Å². The van der Waals surface area contributed by atoms with Crippen LogP contribution >= 0.6 is 0 Å². The van der Waals surface area contributed by atoms with Gasteiger partial charge in [-0.1, -0.05) is 24.3 Å². The minimum absolute atomic E-state index is 0.247. The molecule has 1 amide bonds. The number of nitrogens with one attached hydrogen (secondary N) is 1. The van der Waals surface area contributed by atoms with Crippen molar-refractivity contribution in [2.45, 2.75) is 13.3 Å². The van der Waals surface area contributed by atoms with Gasteiger partial charge in [-0.15, -0.1) is 0 Å². The minimum atomic E-state index is -0.288. The molecule has 150 valence electrons. The first-order valence-corrected chi connectivity index (χ1v) is 9.29. The summed E-state index contributed by atoms with van der Waals surface area (Å²) in [5.74, 6) is 1.48. The molecular formula is C23H24N2O4. The van der Waals surface area contributed by atoms with Crippen LogP contribution < -0.4 is 14.8 Å². The lowest BCUT2D eigenvalue weighted by Crippen LogP contribution is -2.33. The largest absolute Gasteiger partial charge is 0.493 e. The van der Waals surface area contributed by atoms with Crippen molar-refractivity contribution in [1.82, 2.24) is 5.32 Å². The summed E-state index contributed by atoms with van der Waals surface area (Å²) in [6, 6.07) is 16.8. The highest BCUT2D eigenvalue weighted by molar-refractivity contribution is 6.45. The molecule has 0 unspecified atom stereocenters. The average molecular weight is 392 g/mol. The average Bonchev–Trinajstić information content (AvgIpc) is 3.18. The van der Waals surface area contributed by atoms with Gasteiger partial charge in [0.25, 0.3) is 5.91 Å². The second-order valence-electron chi connectivity index (χ2n) is 6.48. The minimum Gasteiger partial charge on any atom is -0.493 e. The molecule has 0 aliphatic carbocycles. The second kappa shape index (κ2) is 9.59. The summed E-state index contributed by atoms with van der Waals surface area (Å²) in [7, 11) is 3.20. The lowest BCUT2D eigenvalue weighted by Gasteiger charge is -2.10. The van der Waals surface area contributed by atoms with Gasteiger partial charge in [-0.05, 0) is 54.8 Å². The molecule has 0 aliphatic rings. The third-order valence-electron chi connectivity index (χ3n) is 4.32. The number of rotatable bonds is 8. The van der Waals surface area contributed by atoms with Crippen LogP contribution in [-0.2, 0) is 11.2 Å². The zero-order valence-electron chi connectivity index (χ0n) is 16.8. The van der Waals surface area contributed by atoms with E-state index in [1.807, 2.05) is 55.5 Å². The fraction of sp³-hybridized carbons (Fsp3) is 0.217. The van der Waals surface area contributed by atoms with Crippen molar-refractivity contribution in [3.8, 4) is 11.5 Å². The Morgan fingerprint density at radius 3 is 2.45 bits per heavy atom. The molecule has 0 bridgehead atoms. The van der Waals surface area contributed by atoms with Gasteiger partial charge in [0.1, 0.15) is 0 Å². The van der Waals surface area contributed by atoms with Gasteiger partial charge in [0.2, 0.25) is 0 Å². The fourth-order valence-corrected chi connectivity index (χ4v) is 2.85. The number of carbonyl (C=O) groups is 1. The van der Waals surface area contributed by atoms with Crippen molar-refractivity contribution < 1.29 is 18.7 Å². The number of benzene rings is 2. The number of para-hydroxylation sites is 1. The van der Waals surface area contributed by atoms with Gasteiger partial charge in [0.05, 0.1) is 26.2 Å². The number of methoxy groups -OCH3 is 2. The SMILES string of the molecule is COc1ccc(CCNC(=O)C(=Nc2ccccc2)c2cc(C)co2)cc1OC. The molecule has 2 aromatic carbocycles. The lowest BCUT2D eigenvalue weighted by molar-refractivity contribution is -0.114. The number of nitrogens with zero attached hydrogens (tertiary/aromatic N) is 1. The molecule has 0 radical (unpaired) electrons. The van der Waals surface area contributed by atoms with Gasteiger partial charge < -0.3 is 19.2 Å². The van der Waals surface area contributed by atoms with E-state index in [0.717, 1.165) is 11.1 Å². The van der Waals surface area contributed by atoms with Crippen molar-refractivity contribution in [3.05, 3.63) is 77.7 Å². The van der Waals surface area contributed by atoms with Crippen LogP contribution in [0, 0.1) is 6.92 Å².